The predicted octanol–water partition coefficient (Wildman–Crippen LogP) is 4.08. The van der Waals surface area contributed by atoms with E-state index in [2.05, 4.69) is 51.1 Å². The molecule has 3 aliphatic carbocycles. The fourth-order valence-corrected chi connectivity index (χ4v) is 9.00. The fraction of sp³-hybridized carbons (Fsp3) is 0.625. The van der Waals surface area contributed by atoms with Gasteiger partial charge in [-0.1, -0.05) is 44.2 Å². The summed E-state index contributed by atoms with van der Waals surface area (Å²) in [5, 5.41) is 0. The number of hydrogen-bond donors (Lipinski definition) is 0. The maximum Gasteiger partial charge on any atom is 0.215 e. The maximum absolute atomic E-state index is 13.4. The number of carbonyl (C=O) groups is 1. The van der Waals surface area contributed by atoms with Crippen LogP contribution in [0.4, 0.5) is 0 Å². The Bertz CT molecular complexity index is 1010. The number of fused-ring (bicyclic) bond motifs is 4. The minimum Gasteiger partial charge on any atom is -0.299 e. The number of piperidine rings is 1. The molecule has 0 N–H and O–H groups in total. The second-order valence-electron chi connectivity index (χ2n) is 10.3. The van der Waals surface area contributed by atoms with Crippen molar-refractivity contribution in [2.75, 3.05) is 18.8 Å². The van der Waals surface area contributed by atoms with Crippen molar-refractivity contribution in [2.24, 2.45) is 16.7 Å². The lowest BCUT2D eigenvalue weighted by Crippen LogP contribution is -2.50. The lowest BCUT2D eigenvalue weighted by molar-refractivity contribution is -0.128. The van der Waals surface area contributed by atoms with Crippen molar-refractivity contribution in [2.45, 2.75) is 58.3 Å². The molecule has 1 aliphatic heterocycles. The Morgan fingerprint density at radius 1 is 1.14 bits per heavy atom. The van der Waals surface area contributed by atoms with Gasteiger partial charge in [0.15, 0.2) is 0 Å². The quantitative estimate of drug-likeness (QED) is 0.750. The van der Waals surface area contributed by atoms with Crippen LogP contribution in [0.25, 0.3) is 6.08 Å². The molecule has 0 radical (unpaired) electrons. The van der Waals surface area contributed by atoms with E-state index in [9.17, 15) is 13.2 Å². The first-order chi connectivity index (χ1) is 13.6. The third-order valence-corrected chi connectivity index (χ3v) is 11.0. The molecule has 4 aliphatic rings. The standard InChI is InChI=1S/C24H31NO3S/c1-17-5-4-6-20-19(17)8-9-23(20)11-13-25(14-12-23)29(27,28)16-24-10-7-18(15-21(24)26)22(24,2)3/h4-6,8-9,18H,7,10-16H2,1-3H3/t18?,24-/m1/s1. The van der Waals surface area contributed by atoms with Gasteiger partial charge in [-0.25, -0.2) is 12.7 Å². The molecule has 3 fully saturated rings. The molecule has 29 heavy (non-hydrogen) atoms. The Hall–Kier alpha value is -1.46. The van der Waals surface area contributed by atoms with E-state index in [0.29, 0.717) is 25.4 Å². The van der Waals surface area contributed by atoms with Crippen LogP contribution in [0.15, 0.2) is 24.3 Å². The second-order valence-corrected chi connectivity index (χ2v) is 12.3. The second kappa shape index (κ2) is 6.04. The van der Waals surface area contributed by atoms with Crippen molar-refractivity contribution < 1.29 is 13.2 Å². The van der Waals surface area contributed by atoms with Gasteiger partial charge < -0.3 is 0 Å². The molecule has 4 nitrogen and oxygen atoms in total. The molecule has 2 saturated carbocycles. The highest BCUT2D eigenvalue weighted by molar-refractivity contribution is 7.89. The zero-order chi connectivity index (χ0) is 20.7. The summed E-state index contributed by atoms with van der Waals surface area (Å²) in [4.78, 5) is 12.8. The lowest BCUT2D eigenvalue weighted by Gasteiger charge is -2.41. The average Bonchev–Trinajstić information content (AvgIpc) is 3.20. The summed E-state index contributed by atoms with van der Waals surface area (Å²) in [7, 11) is -3.46. The zero-order valence-corrected chi connectivity index (χ0v) is 18.5. The molecule has 2 bridgehead atoms. The summed E-state index contributed by atoms with van der Waals surface area (Å²) < 4.78 is 28.5. The Morgan fingerprint density at radius 2 is 1.86 bits per heavy atom. The molecule has 2 atom stereocenters. The van der Waals surface area contributed by atoms with Crippen LogP contribution >= 0.6 is 0 Å². The largest absolute Gasteiger partial charge is 0.299 e. The number of benzene rings is 1. The molecule has 156 valence electrons. The van der Waals surface area contributed by atoms with E-state index in [1.807, 2.05) is 0 Å². The molecule has 1 saturated heterocycles. The van der Waals surface area contributed by atoms with Gasteiger partial charge in [0.1, 0.15) is 5.78 Å². The minimum absolute atomic E-state index is 0.000861. The monoisotopic (exact) mass is 413 g/mol. The van der Waals surface area contributed by atoms with Gasteiger partial charge >= 0.3 is 0 Å². The Balaban J connectivity index is 1.36. The van der Waals surface area contributed by atoms with Gasteiger partial charge in [-0.3, -0.25) is 4.79 Å². The fourth-order valence-electron chi connectivity index (χ4n) is 6.78. The summed E-state index contributed by atoms with van der Waals surface area (Å²) in [5.74, 6) is 0.526. The highest BCUT2D eigenvalue weighted by Crippen LogP contribution is 2.64. The lowest BCUT2D eigenvalue weighted by atomic mass is 9.70. The molecule has 0 amide bonds. The first-order valence-corrected chi connectivity index (χ1v) is 12.5. The molecule has 1 aromatic carbocycles. The molecule has 1 unspecified atom stereocenters. The predicted molar refractivity (Wildman–Crippen MR) is 115 cm³/mol. The van der Waals surface area contributed by atoms with Crippen LogP contribution in [-0.4, -0.2) is 37.3 Å². The molecular formula is C24H31NO3S. The SMILES string of the molecule is Cc1cccc2c1C=CC21CCN(S(=O)(=O)C[C@]23CCC(CC2=O)C3(C)C)CC1. The van der Waals surface area contributed by atoms with E-state index >= 15 is 0 Å². The summed E-state index contributed by atoms with van der Waals surface area (Å²) in [6.45, 7) is 7.43. The molecular weight excluding hydrogens is 382 g/mol. The summed E-state index contributed by atoms with van der Waals surface area (Å²) >= 11 is 0. The molecule has 5 rings (SSSR count). The normalized spacial score (nSPS) is 32.2. The van der Waals surface area contributed by atoms with Crippen molar-refractivity contribution in [3.8, 4) is 0 Å². The number of carbonyl (C=O) groups excluding carboxylic acids is 1. The highest BCUT2D eigenvalue weighted by atomic mass is 32.2. The van der Waals surface area contributed by atoms with Crippen LogP contribution in [0.2, 0.25) is 0 Å². The average molecular weight is 414 g/mol. The van der Waals surface area contributed by atoms with Crippen molar-refractivity contribution in [1.29, 1.82) is 0 Å². The van der Waals surface area contributed by atoms with E-state index in [-0.39, 0.29) is 22.4 Å². The first-order valence-electron chi connectivity index (χ1n) is 10.9. The summed E-state index contributed by atoms with van der Waals surface area (Å²) in [5.41, 5.74) is 3.01. The highest BCUT2D eigenvalue weighted by Gasteiger charge is 2.65. The van der Waals surface area contributed by atoms with Crippen LogP contribution in [0.3, 0.4) is 0 Å². The van der Waals surface area contributed by atoms with Gasteiger partial charge in [0, 0.05) is 30.3 Å². The smallest absolute Gasteiger partial charge is 0.215 e. The Morgan fingerprint density at radius 3 is 2.48 bits per heavy atom. The molecule has 5 heteroatoms. The van der Waals surface area contributed by atoms with Gasteiger partial charge in [0.25, 0.3) is 0 Å². The van der Waals surface area contributed by atoms with Gasteiger partial charge in [0.2, 0.25) is 10.0 Å². The topological polar surface area (TPSA) is 54.5 Å². The van der Waals surface area contributed by atoms with E-state index < -0.39 is 15.4 Å². The summed E-state index contributed by atoms with van der Waals surface area (Å²) in [6, 6.07) is 6.44. The first kappa shape index (κ1) is 19.5. The van der Waals surface area contributed by atoms with Crippen LogP contribution < -0.4 is 0 Å². The molecule has 1 aromatic rings. The number of aryl methyl sites for hydroxylation is 1. The Labute approximate surface area is 174 Å². The third-order valence-electron chi connectivity index (χ3n) is 9.01. The number of ketones is 1. The van der Waals surface area contributed by atoms with E-state index in [0.717, 1.165) is 25.7 Å². The van der Waals surface area contributed by atoms with Crippen LogP contribution in [0.5, 0.6) is 0 Å². The number of sulfonamides is 1. The maximum atomic E-state index is 13.4. The summed E-state index contributed by atoms with van der Waals surface area (Å²) in [6.07, 6.45) is 8.41. The van der Waals surface area contributed by atoms with Gasteiger partial charge in [0.05, 0.1) is 5.75 Å². The number of allylic oxidation sites excluding steroid dienone is 1. The van der Waals surface area contributed by atoms with E-state index in [1.54, 1.807) is 4.31 Å². The van der Waals surface area contributed by atoms with Crippen molar-refractivity contribution >= 4 is 21.9 Å². The van der Waals surface area contributed by atoms with Crippen LogP contribution in [0.1, 0.15) is 62.6 Å². The molecule has 1 heterocycles. The van der Waals surface area contributed by atoms with Crippen molar-refractivity contribution in [3.63, 3.8) is 0 Å². The number of rotatable bonds is 3. The molecule has 1 spiro atoms. The van der Waals surface area contributed by atoms with E-state index in [1.165, 1.54) is 16.7 Å². The third kappa shape index (κ3) is 2.53. The number of nitrogens with zero attached hydrogens (tertiary/aromatic N) is 1. The van der Waals surface area contributed by atoms with Gasteiger partial charge in [-0.15, -0.1) is 0 Å². The van der Waals surface area contributed by atoms with Crippen molar-refractivity contribution in [3.05, 3.63) is 41.0 Å². The number of Topliss-reactive ketones (excluding diaryl/α,β-unsaturated/α-hetero) is 1. The van der Waals surface area contributed by atoms with Gasteiger partial charge in [-0.2, -0.15) is 0 Å². The minimum atomic E-state index is -3.46. The van der Waals surface area contributed by atoms with Crippen LogP contribution in [-0.2, 0) is 20.2 Å². The zero-order valence-electron chi connectivity index (χ0n) is 17.7. The molecule has 0 aromatic heterocycles. The van der Waals surface area contributed by atoms with Crippen LogP contribution in [0, 0.1) is 23.7 Å². The number of hydrogen-bond acceptors (Lipinski definition) is 3. The van der Waals surface area contributed by atoms with Crippen molar-refractivity contribution in [1.82, 2.24) is 4.31 Å². The van der Waals surface area contributed by atoms with Gasteiger partial charge in [-0.05, 0) is 60.6 Å². The van der Waals surface area contributed by atoms with E-state index in [4.69, 9.17) is 0 Å². The Kier molecular flexibility index (Phi) is 4.06.